The lowest BCUT2D eigenvalue weighted by molar-refractivity contribution is 0.410. The average Bonchev–Trinajstić information content (AvgIpc) is 2.43. The molecule has 0 saturated heterocycles. The molecular formula is C14H9BrF4O. The Morgan fingerprint density at radius 3 is 2.05 bits per heavy atom. The first-order valence-electron chi connectivity index (χ1n) is 5.56. The summed E-state index contributed by atoms with van der Waals surface area (Å²) < 4.78 is 58.0. The van der Waals surface area contributed by atoms with Crippen molar-refractivity contribution >= 4 is 15.9 Å². The topological polar surface area (TPSA) is 9.23 Å². The van der Waals surface area contributed by atoms with E-state index in [1.807, 2.05) is 0 Å². The van der Waals surface area contributed by atoms with Crippen molar-refractivity contribution < 1.29 is 22.3 Å². The lowest BCUT2D eigenvalue weighted by Crippen LogP contribution is -2.01. The van der Waals surface area contributed by atoms with Gasteiger partial charge in [-0.25, -0.2) is 17.6 Å². The van der Waals surface area contributed by atoms with Crippen LogP contribution in [0, 0.1) is 23.3 Å². The summed E-state index contributed by atoms with van der Waals surface area (Å²) in [5, 5.41) is 0. The molecule has 0 aliphatic carbocycles. The molecule has 2 aromatic carbocycles. The smallest absolute Gasteiger partial charge is 0.194 e. The number of hydrogen-bond donors (Lipinski definition) is 0. The Hall–Kier alpha value is -1.56. The molecule has 0 aliphatic heterocycles. The fourth-order valence-electron chi connectivity index (χ4n) is 1.74. The van der Waals surface area contributed by atoms with Crippen LogP contribution in [0.3, 0.4) is 0 Å². The Morgan fingerprint density at radius 2 is 1.55 bits per heavy atom. The maximum absolute atomic E-state index is 13.9. The summed E-state index contributed by atoms with van der Waals surface area (Å²) in [5.74, 6) is -4.47. The Bertz CT molecular complexity index is 622. The van der Waals surface area contributed by atoms with Crippen LogP contribution >= 0.6 is 15.9 Å². The van der Waals surface area contributed by atoms with Crippen molar-refractivity contribution in [3.8, 4) is 5.75 Å². The van der Waals surface area contributed by atoms with Gasteiger partial charge in [-0.1, -0.05) is 22.0 Å². The van der Waals surface area contributed by atoms with Gasteiger partial charge < -0.3 is 4.74 Å². The van der Waals surface area contributed by atoms with Crippen LogP contribution in [0.5, 0.6) is 5.75 Å². The van der Waals surface area contributed by atoms with Crippen molar-refractivity contribution in [2.45, 2.75) is 4.83 Å². The Kier molecular flexibility index (Phi) is 4.32. The van der Waals surface area contributed by atoms with Gasteiger partial charge in [-0.3, -0.25) is 0 Å². The summed E-state index contributed by atoms with van der Waals surface area (Å²) in [6, 6.07) is 5.73. The van der Waals surface area contributed by atoms with Gasteiger partial charge in [0.15, 0.2) is 17.5 Å². The van der Waals surface area contributed by atoms with Gasteiger partial charge in [-0.2, -0.15) is 0 Å². The van der Waals surface area contributed by atoms with Gasteiger partial charge >= 0.3 is 0 Å². The van der Waals surface area contributed by atoms with Crippen LogP contribution in [0.4, 0.5) is 17.6 Å². The third kappa shape index (κ3) is 2.80. The van der Waals surface area contributed by atoms with Gasteiger partial charge in [0.1, 0.15) is 11.6 Å². The van der Waals surface area contributed by atoms with E-state index >= 15 is 0 Å². The lowest BCUT2D eigenvalue weighted by Gasteiger charge is -2.13. The van der Waals surface area contributed by atoms with E-state index < -0.39 is 28.1 Å². The number of hydrogen-bond acceptors (Lipinski definition) is 1. The Balaban J connectivity index is 2.43. The van der Waals surface area contributed by atoms with E-state index in [1.165, 1.54) is 19.2 Å². The van der Waals surface area contributed by atoms with Gasteiger partial charge in [-0.15, -0.1) is 0 Å². The second-order valence-electron chi connectivity index (χ2n) is 4.05. The van der Waals surface area contributed by atoms with Crippen molar-refractivity contribution in [2.75, 3.05) is 7.11 Å². The van der Waals surface area contributed by atoms with Crippen molar-refractivity contribution in [3.63, 3.8) is 0 Å². The molecule has 0 amide bonds. The van der Waals surface area contributed by atoms with Crippen LogP contribution in [-0.4, -0.2) is 7.11 Å². The van der Waals surface area contributed by atoms with Crippen molar-refractivity contribution in [2.24, 2.45) is 0 Å². The van der Waals surface area contributed by atoms with Crippen molar-refractivity contribution in [3.05, 3.63) is 64.7 Å². The molecule has 2 aromatic rings. The SMILES string of the molecule is COc1ccc(C(Br)c2cc(F)c(F)c(F)c2)c(F)c1. The molecule has 1 atom stereocenters. The lowest BCUT2D eigenvalue weighted by atomic mass is 10.0. The number of halogens is 5. The third-order valence-electron chi connectivity index (χ3n) is 2.78. The maximum atomic E-state index is 13.9. The first kappa shape index (κ1) is 14.8. The van der Waals surface area contributed by atoms with E-state index in [0.29, 0.717) is 5.75 Å². The van der Waals surface area contributed by atoms with Crippen LogP contribution in [0.25, 0.3) is 0 Å². The van der Waals surface area contributed by atoms with Crippen LogP contribution in [0.1, 0.15) is 16.0 Å². The van der Waals surface area contributed by atoms with Gasteiger partial charge in [0.2, 0.25) is 0 Å². The van der Waals surface area contributed by atoms with Gasteiger partial charge in [-0.05, 0) is 23.8 Å². The molecule has 0 aliphatic rings. The minimum Gasteiger partial charge on any atom is -0.497 e. The summed E-state index contributed by atoms with van der Waals surface area (Å²) in [6.45, 7) is 0. The highest BCUT2D eigenvalue weighted by atomic mass is 79.9. The van der Waals surface area contributed by atoms with E-state index in [-0.39, 0.29) is 11.1 Å². The Morgan fingerprint density at radius 1 is 0.950 bits per heavy atom. The summed E-state index contributed by atoms with van der Waals surface area (Å²) in [7, 11) is 1.39. The molecule has 1 unspecified atom stereocenters. The average molecular weight is 349 g/mol. The van der Waals surface area contributed by atoms with E-state index in [4.69, 9.17) is 4.74 Å². The summed E-state index contributed by atoms with van der Waals surface area (Å²) in [5.41, 5.74) is 0.238. The van der Waals surface area contributed by atoms with Crippen molar-refractivity contribution in [1.29, 1.82) is 0 Å². The number of alkyl halides is 1. The Labute approximate surface area is 121 Å². The van der Waals surface area contributed by atoms with E-state index in [0.717, 1.165) is 18.2 Å². The molecule has 1 nitrogen and oxygen atoms in total. The van der Waals surface area contributed by atoms with Gasteiger partial charge in [0.25, 0.3) is 0 Å². The monoisotopic (exact) mass is 348 g/mol. The van der Waals surface area contributed by atoms with Gasteiger partial charge in [0.05, 0.1) is 11.9 Å². The first-order chi connectivity index (χ1) is 9.43. The second kappa shape index (κ2) is 5.83. The summed E-state index contributed by atoms with van der Waals surface area (Å²) in [6.07, 6.45) is 0. The standard InChI is InChI=1S/C14H9BrF4O/c1-20-8-2-3-9(10(16)6-8)13(15)7-4-11(17)14(19)12(18)5-7/h2-6,13H,1H3. The number of methoxy groups -OCH3 is 1. The molecule has 0 bridgehead atoms. The predicted octanol–water partition coefficient (Wildman–Crippen LogP) is 4.74. The zero-order chi connectivity index (χ0) is 14.9. The first-order valence-corrected chi connectivity index (χ1v) is 6.47. The predicted molar refractivity (Wildman–Crippen MR) is 70.0 cm³/mol. The minimum atomic E-state index is -1.55. The van der Waals surface area contributed by atoms with Crippen molar-refractivity contribution in [1.82, 2.24) is 0 Å². The van der Waals surface area contributed by atoms with Crippen LogP contribution in [-0.2, 0) is 0 Å². The molecule has 106 valence electrons. The molecule has 20 heavy (non-hydrogen) atoms. The summed E-state index contributed by atoms with van der Waals surface area (Å²) in [4.78, 5) is -0.807. The normalized spacial score (nSPS) is 12.3. The molecule has 6 heteroatoms. The highest BCUT2D eigenvalue weighted by Gasteiger charge is 2.19. The number of benzene rings is 2. The van der Waals surface area contributed by atoms with Crippen LogP contribution in [0.2, 0.25) is 0 Å². The number of rotatable bonds is 3. The van der Waals surface area contributed by atoms with Crippen LogP contribution < -0.4 is 4.74 Å². The number of ether oxygens (including phenoxy) is 1. The zero-order valence-electron chi connectivity index (χ0n) is 10.3. The second-order valence-corrected chi connectivity index (χ2v) is 4.96. The molecule has 2 rings (SSSR count). The highest BCUT2D eigenvalue weighted by molar-refractivity contribution is 9.09. The molecule has 0 N–H and O–H groups in total. The molecule has 0 heterocycles. The van der Waals surface area contributed by atoms with Crippen LogP contribution in [0.15, 0.2) is 30.3 Å². The largest absolute Gasteiger partial charge is 0.497 e. The van der Waals surface area contributed by atoms with E-state index in [1.54, 1.807) is 0 Å². The van der Waals surface area contributed by atoms with Gasteiger partial charge in [0, 0.05) is 11.6 Å². The molecule has 0 aromatic heterocycles. The van der Waals surface area contributed by atoms with E-state index in [2.05, 4.69) is 15.9 Å². The van der Waals surface area contributed by atoms with E-state index in [9.17, 15) is 17.6 Å². The third-order valence-corrected chi connectivity index (χ3v) is 3.80. The summed E-state index contributed by atoms with van der Waals surface area (Å²) >= 11 is 3.15. The molecule has 0 spiro atoms. The fraction of sp³-hybridized carbons (Fsp3) is 0.143. The molecular weight excluding hydrogens is 340 g/mol. The maximum Gasteiger partial charge on any atom is 0.194 e. The fourth-order valence-corrected chi connectivity index (χ4v) is 2.38. The quantitative estimate of drug-likeness (QED) is 0.442. The molecule has 0 radical (unpaired) electrons. The molecule has 0 saturated carbocycles. The zero-order valence-corrected chi connectivity index (χ0v) is 11.8. The molecule has 0 fully saturated rings. The highest BCUT2D eigenvalue weighted by Crippen LogP contribution is 2.34. The minimum absolute atomic E-state index is 0.0745.